The number of benzene rings is 1. The van der Waals surface area contributed by atoms with E-state index in [9.17, 15) is 23.3 Å². The van der Waals surface area contributed by atoms with Crippen LogP contribution >= 0.6 is 0 Å². The molecular formula is C9H5F3N2O3. The summed E-state index contributed by atoms with van der Waals surface area (Å²) >= 11 is 0. The summed E-state index contributed by atoms with van der Waals surface area (Å²) in [6.45, 7) is -1.63. The largest absolute Gasteiger partial charge is 0.477 e. The van der Waals surface area contributed by atoms with E-state index in [2.05, 4.69) is 4.74 Å². The average molecular weight is 246 g/mol. The number of ether oxygens (including phenoxy) is 1. The minimum atomic E-state index is -4.58. The molecule has 0 saturated heterocycles. The molecule has 0 fully saturated rings. The standard InChI is InChI=1S/C9H5F3N2O3/c10-9(11,12)5-17-8-2-1-6(4-13)3-7(8)14(15)16/h1-3H,5H2. The van der Waals surface area contributed by atoms with Crippen LogP contribution in [0.15, 0.2) is 18.2 Å². The fourth-order valence-corrected chi connectivity index (χ4v) is 1.01. The average Bonchev–Trinajstić information content (AvgIpc) is 2.25. The summed E-state index contributed by atoms with van der Waals surface area (Å²) in [5.74, 6) is -0.522. The number of rotatable bonds is 3. The molecule has 0 atom stereocenters. The summed E-state index contributed by atoms with van der Waals surface area (Å²) in [4.78, 5) is 9.64. The predicted octanol–water partition coefficient (Wildman–Crippen LogP) is 2.41. The van der Waals surface area contributed by atoms with Crippen LogP contribution in [0.5, 0.6) is 5.75 Å². The Kier molecular flexibility index (Phi) is 3.52. The van der Waals surface area contributed by atoms with Gasteiger partial charge in [-0.15, -0.1) is 0 Å². The van der Waals surface area contributed by atoms with Gasteiger partial charge in [-0.1, -0.05) is 0 Å². The molecule has 0 aromatic heterocycles. The fourth-order valence-electron chi connectivity index (χ4n) is 1.01. The number of halogens is 3. The first-order chi connectivity index (χ1) is 7.83. The van der Waals surface area contributed by atoms with E-state index in [0.717, 1.165) is 18.2 Å². The number of nitro benzene ring substituents is 1. The van der Waals surface area contributed by atoms with Gasteiger partial charge in [0, 0.05) is 6.07 Å². The first-order valence-corrected chi connectivity index (χ1v) is 4.21. The lowest BCUT2D eigenvalue weighted by molar-refractivity contribution is -0.386. The second-order valence-corrected chi connectivity index (χ2v) is 2.96. The fraction of sp³-hybridized carbons (Fsp3) is 0.222. The van der Waals surface area contributed by atoms with Crippen LogP contribution in [0.3, 0.4) is 0 Å². The van der Waals surface area contributed by atoms with Crippen molar-refractivity contribution in [3.05, 3.63) is 33.9 Å². The van der Waals surface area contributed by atoms with Crippen molar-refractivity contribution < 1.29 is 22.8 Å². The third-order valence-electron chi connectivity index (χ3n) is 1.68. The molecular weight excluding hydrogens is 241 g/mol. The number of nitriles is 1. The molecule has 1 aromatic carbocycles. The van der Waals surface area contributed by atoms with Gasteiger partial charge in [0.1, 0.15) is 0 Å². The number of hydrogen-bond donors (Lipinski definition) is 0. The molecule has 0 aliphatic heterocycles. The molecule has 0 unspecified atom stereocenters. The second-order valence-electron chi connectivity index (χ2n) is 2.96. The Balaban J connectivity index is 3.00. The van der Waals surface area contributed by atoms with Crippen molar-refractivity contribution >= 4 is 5.69 Å². The highest BCUT2D eigenvalue weighted by molar-refractivity contribution is 5.51. The van der Waals surface area contributed by atoms with E-state index in [1.165, 1.54) is 0 Å². The number of hydrogen-bond acceptors (Lipinski definition) is 4. The lowest BCUT2D eigenvalue weighted by Crippen LogP contribution is -2.19. The summed E-state index contributed by atoms with van der Waals surface area (Å²) in [6, 6.07) is 4.59. The van der Waals surface area contributed by atoms with E-state index < -0.39 is 29.1 Å². The van der Waals surface area contributed by atoms with Gasteiger partial charge in [-0.05, 0) is 12.1 Å². The van der Waals surface area contributed by atoms with Crippen molar-refractivity contribution in [3.63, 3.8) is 0 Å². The van der Waals surface area contributed by atoms with E-state index in [1.54, 1.807) is 6.07 Å². The maximum absolute atomic E-state index is 11.9. The third kappa shape index (κ3) is 3.64. The molecule has 17 heavy (non-hydrogen) atoms. The minimum Gasteiger partial charge on any atom is -0.477 e. The van der Waals surface area contributed by atoms with Gasteiger partial charge in [0.15, 0.2) is 12.4 Å². The molecule has 0 amide bonds. The van der Waals surface area contributed by atoms with Gasteiger partial charge in [-0.2, -0.15) is 18.4 Å². The zero-order valence-corrected chi connectivity index (χ0v) is 8.19. The number of alkyl halides is 3. The molecule has 0 aliphatic carbocycles. The highest BCUT2D eigenvalue weighted by atomic mass is 19.4. The molecule has 1 rings (SSSR count). The Morgan fingerprint density at radius 1 is 1.47 bits per heavy atom. The zero-order chi connectivity index (χ0) is 13.1. The first kappa shape index (κ1) is 12.8. The van der Waals surface area contributed by atoms with Crippen LogP contribution in [0.1, 0.15) is 5.56 Å². The molecule has 0 N–H and O–H groups in total. The Bertz CT molecular complexity index is 479. The first-order valence-electron chi connectivity index (χ1n) is 4.21. The quantitative estimate of drug-likeness (QED) is 0.606. The van der Waals surface area contributed by atoms with Crippen molar-refractivity contribution in [2.24, 2.45) is 0 Å². The topological polar surface area (TPSA) is 76.2 Å². The van der Waals surface area contributed by atoms with Crippen molar-refractivity contribution in [3.8, 4) is 11.8 Å². The molecule has 0 saturated carbocycles. The Morgan fingerprint density at radius 2 is 2.12 bits per heavy atom. The van der Waals surface area contributed by atoms with Crippen LogP contribution in [0, 0.1) is 21.4 Å². The van der Waals surface area contributed by atoms with Crippen LogP contribution in [-0.2, 0) is 0 Å². The molecule has 1 aromatic rings. The van der Waals surface area contributed by atoms with Crippen molar-refractivity contribution in [2.75, 3.05) is 6.61 Å². The summed E-state index contributed by atoms with van der Waals surface area (Å²) < 4.78 is 39.9. The highest BCUT2D eigenvalue weighted by Gasteiger charge is 2.30. The molecule has 8 heteroatoms. The minimum absolute atomic E-state index is 0.0314. The van der Waals surface area contributed by atoms with E-state index in [0.29, 0.717) is 0 Å². The molecule has 5 nitrogen and oxygen atoms in total. The molecule has 0 radical (unpaired) electrons. The number of nitrogens with zero attached hydrogens (tertiary/aromatic N) is 2. The zero-order valence-electron chi connectivity index (χ0n) is 8.19. The van der Waals surface area contributed by atoms with Crippen LogP contribution in [-0.4, -0.2) is 17.7 Å². The number of nitro groups is 1. The van der Waals surface area contributed by atoms with Gasteiger partial charge in [-0.3, -0.25) is 10.1 Å². The molecule has 0 bridgehead atoms. The van der Waals surface area contributed by atoms with Gasteiger partial charge in [-0.25, -0.2) is 0 Å². The van der Waals surface area contributed by atoms with Crippen LogP contribution in [0.4, 0.5) is 18.9 Å². The van der Waals surface area contributed by atoms with Gasteiger partial charge in [0.25, 0.3) is 0 Å². The molecule has 0 aliphatic rings. The van der Waals surface area contributed by atoms with Gasteiger partial charge < -0.3 is 4.74 Å². The highest BCUT2D eigenvalue weighted by Crippen LogP contribution is 2.29. The Labute approximate surface area is 93.2 Å². The molecule has 90 valence electrons. The van der Waals surface area contributed by atoms with Crippen LogP contribution < -0.4 is 4.74 Å². The van der Waals surface area contributed by atoms with Gasteiger partial charge in [0.05, 0.1) is 16.6 Å². The maximum Gasteiger partial charge on any atom is 0.422 e. The lowest BCUT2D eigenvalue weighted by Gasteiger charge is -2.09. The Hall–Kier alpha value is -2.30. The lowest BCUT2D eigenvalue weighted by atomic mass is 10.2. The van der Waals surface area contributed by atoms with Crippen LogP contribution in [0.2, 0.25) is 0 Å². The molecule has 0 spiro atoms. The van der Waals surface area contributed by atoms with Crippen molar-refractivity contribution in [1.29, 1.82) is 5.26 Å². The van der Waals surface area contributed by atoms with Crippen LogP contribution in [0.25, 0.3) is 0 Å². The summed E-state index contributed by atoms with van der Waals surface area (Å²) in [5.41, 5.74) is -0.704. The van der Waals surface area contributed by atoms with E-state index in [1.807, 2.05) is 0 Å². The Morgan fingerprint density at radius 3 is 2.59 bits per heavy atom. The normalized spacial score (nSPS) is 10.7. The van der Waals surface area contributed by atoms with Crippen molar-refractivity contribution in [1.82, 2.24) is 0 Å². The third-order valence-corrected chi connectivity index (χ3v) is 1.68. The second kappa shape index (κ2) is 4.69. The van der Waals surface area contributed by atoms with E-state index in [-0.39, 0.29) is 5.56 Å². The summed E-state index contributed by atoms with van der Waals surface area (Å²) in [6.07, 6.45) is -4.58. The maximum atomic E-state index is 11.9. The van der Waals surface area contributed by atoms with E-state index >= 15 is 0 Å². The van der Waals surface area contributed by atoms with E-state index in [4.69, 9.17) is 5.26 Å². The SMILES string of the molecule is N#Cc1ccc(OCC(F)(F)F)c([N+](=O)[O-])c1. The van der Waals surface area contributed by atoms with Gasteiger partial charge in [0.2, 0.25) is 0 Å². The van der Waals surface area contributed by atoms with Crippen molar-refractivity contribution in [2.45, 2.75) is 6.18 Å². The molecule has 0 heterocycles. The smallest absolute Gasteiger partial charge is 0.422 e. The summed E-state index contributed by atoms with van der Waals surface area (Å²) in [5, 5.41) is 19.0. The monoisotopic (exact) mass is 246 g/mol. The van der Waals surface area contributed by atoms with Gasteiger partial charge >= 0.3 is 11.9 Å². The summed E-state index contributed by atoms with van der Waals surface area (Å²) in [7, 11) is 0. The predicted molar refractivity (Wildman–Crippen MR) is 49.4 cm³/mol.